The van der Waals surface area contributed by atoms with Crippen molar-refractivity contribution < 1.29 is 14.6 Å². The molecule has 2 rings (SSSR count). The van der Waals surface area contributed by atoms with E-state index in [1.807, 2.05) is 0 Å². The molecule has 1 heterocycles. The van der Waals surface area contributed by atoms with Gasteiger partial charge in [0.2, 0.25) is 0 Å². The Kier molecular flexibility index (Phi) is 2.25. The molecule has 4 heteroatoms. The van der Waals surface area contributed by atoms with Crippen LogP contribution in [0.2, 0.25) is 0 Å². The third-order valence-corrected chi connectivity index (χ3v) is 2.20. The van der Waals surface area contributed by atoms with Gasteiger partial charge in [-0.15, -0.1) is 0 Å². The molecule has 1 aromatic carbocycles. The number of pyridine rings is 1. The van der Waals surface area contributed by atoms with Crippen LogP contribution in [0, 0.1) is 0 Å². The summed E-state index contributed by atoms with van der Waals surface area (Å²) in [6.45, 7) is 0. The molecule has 15 heavy (non-hydrogen) atoms. The SMILES string of the molecule is COc1ccc2c(C(=O)O)cncc2c1. The molecule has 0 atom stereocenters. The van der Waals surface area contributed by atoms with E-state index in [1.165, 1.54) is 6.20 Å². The Morgan fingerprint density at radius 3 is 2.87 bits per heavy atom. The number of hydrogen-bond donors (Lipinski definition) is 1. The van der Waals surface area contributed by atoms with Crippen molar-refractivity contribution in [2.45, 2.75) is 0 Å². The first-order valence-corrected chi connectivity index (χ1v) is 4.37. The van der Waals surface area contributed by atoms with Crippen LogP contribution in [-0.2, 0) is 0 Å². The fourth-order valence-corrected chi connectivity index (χ4v) is 1.45. The lowest BCUT2D eigenvalue weighted by Crippen LogP contribution is -1.98. The molecule has 0 spiro atoms. The highest BCUT2D eigenvalue weighted by molar-refractivity contribution is 6.03. The van der Waals surface area contributed by atoms with Gasteiger partial charge < -0.3 is 9.84 Å². The summed E-state index contributed by atoms with van der Waals surface area (Å²) in [6, 6.07) is 5.21. The zero-order valence-corrected chi connectivity index (χ0v) is 8.10. The number of aromatic nitrogens is 1. The molecule has 2 aromatic rings. The number of rotatable bonds is 2. The molecule has 0 radical (unpaired) electrons. The van der Waals surface area contributed by atoms with Crippen molar-refractivity contribution in [3.63, 3.8) is 0 Å². The van der Waals surface area contributed by atoms with Gasteiger partial charge in [0.05, 0.1) is 12.7 Å². The number of hydrogen-bond acceptors (Lipinski definition) is 3. The molecular weight excluding hydrogens is 194 g/mol. The van der Waals surface area contributed by atoms with E-state index in [2.05, 4.69) is 4.98 Å². The summed E-state index contributed by atoms with van der Waals surface area (Å²) in [5.74, 6) is -0.287. The van der Waals surface area contributed by atoms with Crippen LogP contribution in [0.25, 0.3) is 10.8 Å². The van der Waals surface area contributed by atoms with Gasteiger partial charge in [0.1, 0.15) is 5.75 Å². The van der Waals surface area contributed by atoms with Crippen molar-refractivity contribution in [2.75, 3.05) is 7.11 Å². The molecular formula is C11H9NO3. The lowest BCUT2D eigenvalue weighted by molar-refractivity contribution is 0.0698. The summed E-state index contributed by atoms with van der Waals surface area (Å²) in [5.41, 5.74) is 0.204. The van der Waals surface area contributed by atoms with E-state index in [0.717, 1.165) is 5.39 Å². The smallest absolute Gasteiger partial charge is 0.337 e. The van der Waals surface area contributed by atoms with Crippen LogP contribution >= 0.6 is 0 Å². The van der Waals surface area contributed by atoms with Crippen LogP contribution in [0.4, 0.5) is 0 Å². The van der Waals surface area contributed by atoms with Gasteiger partial charge in [-0.3, -0.25) is 4.98 Å². The number of methoxy groups -OCH3 is 1. The number of ether oxygens (including phenoxy) is 1. The summed E-state index contributed by atoms with van der Waals surface area (Å²) >= 11 is 0. The van der Waals surface area contributed by atoms with Crippen LogP contribution < -0.4 is 4.74 Å². The third kappa shape index (κ3) is 1.61. The predicted molar refractivity (Wildman–Crippen MR) is 55.3 cm³/mol. The Balaban J connectivity index is 2.72. The first-order chi connectivity index (χ1) is 7.22. The van der Waals surface area contributed by atoms with E-state index in [9.17, 15) is 4.79 Å². The second kappa shape index (κ2) is 3.57. The molecule has 0 saturated carbocycles. The Hall–Kier alpha value is -2.10. The minimum Gasteiger partial charge on any atom is -0.497 e. The first kappa shape index (κ1) is 9.45. The van der Waals surface area contributed by atoms with E-state index < -0.39 is 5.97 Å². The summed E-state index contributed by atoms with van der Waals surface area (Å²) in [4.78, 5) is 14.8. The second-order valence-electron chi connectivity index (χ2n) is 3.08. The summed E-state index contributed by atoms with van der Waals surface area (Å²) in [5, 5.41) is 10.4. The van der Waals surface area contributed by atoms with Gasteiger partial charge in [-0.2, -0.15) is 0 Å². The van der Waals surface area contributed by atoms with E-state index in [4.69, 9.17) is 9.84 Å². The van der Waals surface area contributed by atoms with Gasteiger partial charge in [0, 0.05) is 17.8 Å². The molecule has 0 amide bonds. The molecule has 0 fully saturated rings. The number of nitrogens with zero attached hydrogens (tertiary/aromatic N) is 1. The van der Waals surface area contributed by atoms with Crippen LogP contribution in [0.15, 0.2) is 30.6 Å². The predicted octanol–water partition coefficient (Wildman–Crippen LogP) is 1.94. The van der Waals surface area contributed by atoms with Gasteiger partial charge in [0.15, 0.2) is 0 Å². The third-order valence-electron chi connectivity index (χ3n) is 2.20. The average Bonchev–Trinajstić information content (AvgIpc) is 2.27. The molecule has 1 aromatic heterocycles. The minimum atomic E-state index is -0.974. The number of benzene rings is 1. The van der Waals surface area contributed by atoms with Crippen molar-refractivity contribution in [1.82, 2.24) is 4.98 Å². The Bertz CT molecular complexity index is 522. The van der Waals surface area contributed by atoms with Gasteiger partial charge in [-0.1, -0.05) is 0 Å². The standard InChI is InChI=1S/C11H9NO3/c1-15-8-2-3-9-7(4-8)5-12-6-10(9)11(13)14/h2-6H,1H3,(H,13,14). The largest absolute Gasteiger partial charge is 0.497 e. The van der Waals surface area contributed by atoms with Crippen LogP contribution in [-0.4, -0.2) is 23.2 Å². The molecule has 1 N–H and O–H groups in total. The molecule has 0 unspecified atom stereocenters. The summed E-state index contributed by atoms with van der Waals surface area (Å²) in [6.07, 6.45) is 2.96. The molecule has 76 valence electrons. The highest BCUT2D eigenvalue weighted by Gasteiger charge is 2.08. The first-order valence-electron chi connectivity index (χ1n) is 4.37. The summed E-state index contributed by atoms with van der Waals surface area (Å²) < 4.78 is 5.05. The highest BCUT2D eigenvalue weighted by Crippen LogP contribution is 2.22. The highest BCUT2D eigenvalue weighted by atomic mass is 16.5. The van der Waals surface area contributed by atoms with Crippen LogP contribution in [0.5, 0.6) is 5.75 Å². The molecule has 0 aliphatic rings. The fourth-order valence-electron chi connectivity index (χ4n) is 1.45. The van der Waals surface area contributed by atoms with Crippen LogP contribution in [0.1, 0.15) is 10.4 Å². The van der Waals surface area contributed by atoms with E-state index >= 15 is 0 Å². The monoisotopic (exact) mass is 203 g/mol. The van der Waals surface area contributed by atoms with E-state index in [1.54, 1.807) is 31.5 Å². The maximum Gasteiger partial charge on any atom is 0.337 e. The zero-order chi connectivity index (χ0) is 10.8. The Morgan fingerprint density at radius 2 is 2.20 bits per heavy atom. The molecule has 0 aliphatic carbocycles. The van der Waals surface area contributed by atoms with E-state index in [0.29, 0.717) is 11.1 Å². The van der Waals surface area contributed by atoms with Crippen molar-refractivity contribution in [3.05, 3.63) is 36.2 Å². The minimum absolute atomic E-state index is 0.204. The molecule has 0 saturated heterocycles. The molecule has 4 nitrogen and oxygen atoms in total. The number of carbonyl (C=O) groups is 1. The Morgan fingerprint density at radius 1 is 1.40 bits per heavy atom. The maximum atomic E-state index is 10.9. The molecule has 0 bridgehead atoms. The number of carboxylic acid groups (broad SMARTS) is 1. The van der Waals surface area contributed by atoms with E-state index in [-0.39, 0.29) is 5.56 Å². The maximum absolute atomic E-state index is 10.9. The van der Waals surface area contributed by atoms with Crippen molar-refractivity contribution in [1.29, 1.82) is 0 Å². The topological polar surface area (TPSA) is 59.4 Å². The van der Waals surface area contributed by atoms with Gasteiger partial charge in [-0.25, -0.2) is 4.79 Å². The van der Waals surface area contributed by atoms with Crippen molar-refractivity contribution in [2.24, 2.45) is 0 Å². The van der Waals surface area contributed by atoms with Gasteiger partial charge >= 0.3 is 5.97 Å². The van der Waals surface area contributed by atoms with Crippen molar-refractivity contribution >= 4 is 16.7 Å². The number of aromatic carboxylic acids is 1. The quantitative estimate of drug-likeness (QED) is 0.810. The van der Waals surface area contributed by atoms with Gasteiger partial charge in [-0.05, 0) is 23.6 Å². The Labute approximate surface area is 86.1 Å². The van der Waals surface area contributed by atoms with Gasteiger partial charge in [0.25, 0.3) is 0 Å². The average molecular weight is 203 g/mol. The lowest BCUT2D eigenvalue weighted by Gasteiger charge is -2.04. The summed E-state index contributed by atoms with van der Waals surface area (Å²) in [7, 11) is 1.57. The molecule has 0 aliphatic heterocycles. The normalized spacial score (nSPS) is 10.2. The number of carboxylic acids is 1. The van der Waals surface area contributed by atoms with Crippen molar-refractivity contribution in [3.8, 4) is 5.75 Å². The second-order valence-corrected chi connectivity index (χ2v) is 3.08. The fraction of sp³-hybridized carbons (Fsp3) is 0.0909. The lowest BCUT2D eigenvalue weighted by atomic mass is 10.1. The zero-order valence-electron chi connectivity index (χ0n) is 8.10. The number of fused-ring (bicyclic) bond motifs is 1. The van der Waals surface area contributed by atoms with Crippen LogP contribution in [0.3, 0.4) is 0 Å².